The average molecular weight is 551 g/mol. The van der Waals surface area contributed by atoms with Gasteiger partial charge in [-0.1, -0.05) is 68.7 Å². The minimum absolute atomic E-state index is 0.0647. The number of carbonyl (C=O) groups is 3. The first-order valence-corrected chi connectivity index (χ1v) is 13.2. The molecule has 0 aliphatic rings. The molecule has 0 fully saturated rings. The van der Waals surface area contributed by atoms with Crippen molar-refractivity contribution in [1.82, 2.24) is 20.7 Å². The van der Waals surface area contributed by atoms with Crippen molar-refractivity contribution in [2.45, 2.75) is 39.2 Å². The highest BCUT2D eigenvalue weighted by molar-refractivity contribution is 5.93. The van der Waals surface area contributed by atoms with E-state index >= 15 is 0 Å². The van der Waals surface area contributed by atoms with Gasteiger partial charge in [0, 0.05) is 5.56 Å². The summed E-state index contributed by atoms with van der Waals surface area (Å²) in [5, 5.41) is 6.46. The Morgan fingerprint density at radius 1 is 1.02 bits per heavy atom. The van der Waals surface area contributed by atoms with E-state index in [1.54, 1.807) is 24.3 Å². The van der Waals surface area contributed by atoms with Crippen molar-refractivity contribution in [1.29, 1.82) is 0 Å². The number of amides is 3. The minimum Gasteiger partial charge on any atom is -0.494 e. The van der Waals surface area contributed by atoms with Crippen LogP contribution in [0.2, 0.25) is 0 Å². The quantitative estimate of drug-likeness (QED) is 0.118. The van der Waals surface area contributed by atoms with E-state index in [2.05, 4.69) is 22.5 Å². The van der Waals surface area contributed by atoms with Gasteiger partial charge in [0.25, 0.3) is 5.91 Å². The van der Waals surface area contributed by atoms with Crippen molar-refractivity contribution in [3.63, 3.8) is 0 Å². The number of hydroxylamine groups is 2. The van der Waals surface area contributed by atoms with E-state index < -0.39 is 17.6 Å². The summed E-state index contributed by atoms with van der Waals surface area (Å²) in [6.45, 7) is 2.20. The van der Waals surface area contributed by atoms with Crippen LogP contribution in [-0.2, 0) is 21.0 Å². The van der Waals surface area contributed by atoms with Crippen molar-refractivity contribution in [3.05, 3.63) is 83.8 Å². The first-order valence-electron chi connectivity index (χ1n) is 13.2. The minimum atomic E-state index is -0.575. The summed E-state index contributed by atoms with van der Waals surface area (Å²) in [5.41, 5.74) is 1.44. The van der Waals surface area contributed by atoms with Gasteiger partial charge in [0.1, 0.15) is 12.3 Å². The number of ether oxygens (including phenoxy) is 1. The second kappa shape index (κ2) is 15.9. The number of unbranched alkanes of at least 4 members (excludes halogenated alkanes) is 2. The molecule has 0 saturated carbocycles. The molecule has 10 heteroatoms. The van der Waals surface area contributed by atoms with E-state index in [1.807, 2.05) is 30.3 Å². The molecule has 0 saturated heterocycles. The van der Waals surface area contributed by atoms with Crippen LogP contribution in [0, 0.1) is 11.7 Å². The van der Waals surface area contributed by atoms with Crippen molar-refractivity contribution >= 4 is 18.2 Å². The Morgan fingerprint density at radius 3 is 2.52 bits per heavy atom. The Kier molecular flexibility index (Phi) is 12.1. The van der Waals surface area contributed by atoms with Gasteiger partial charge in [0.15, 0.2) is 11.6 Å². The van der Waals surface area contributed by atoms with Crippen LogP contribution in [0.1, 0.15) is 48.7 Å². The molecular formula is C30H35FN4O5. The second-order valence-corrected chi connectivity index (χ2v) is 9.11. The van der Waals surface area contributed by atoms with E-state index in [0.29, 0.717) is 12.8 Å². The summed E-state index contributed by atoms with van der Waals surface area (Å²) in [4.78, 5) is 47.2. The molecule has 1 aromatic heterocycles. The zero-order valence-corrected chi connectivity index (χ0v) is 22.8. The summed E-state index contributed by atoms with van der Waals surface area (Å²) in [7, 11) is 1.37. The molecule has 0 radical (unpaired) electrons. The normalized spacial score (nSPS) is 11.4. The van der Waals surface area contributed by atoms with Crippen LogP contribution in [0.4, 0.5) is 4.39 Å². The van der Waals surface area contributed by atoms with Gasteiger partial charge in [-0.2, -0.15) is 0 Å². The maximum atomic E-state index is 14.7. The van der Waals surface area contributed by atoms with Crippen LogP contribution in [-0.4, -0.2) is 48.6 Å². The number of hydrogen-bond acceptors (Lipinski definition) is 6. The fraction of sp³-hybridized carbons (Fsp3) is 0.333. The third kappa shape index (κ3) is 8.88. The lowest BCUT2D eigenvalue weighted by Gasteiger charge is -2.23. The van der Waals surface area contributed by atoms with E-state index in [0.717, 1.165) is 29.9 Å². The third-order valence-electron chi connectivity index (χ3n) is 6.24. The average Bonchev–Trinajstić information content (AvgIpc) is 2.99. The Hall–Kier alpha value is -4.31. The lowest BCUT2D eigenvalue weighted by atomic mass is 10.0. The number of halogens is 1. The molecule has 2 N–H and O–H groups in total. The van der Waals surface area contributed by atoms with Gasteiger partial charge in [0.2, 0.25) is 12.3 Å². The fourth-order valence-corrected chi connectivity index (χ4v) is 4.05. The highest BCUT2D eigenvalue weighted by Crippen LogP contribution is 2.27. The van der Waals surface area contributed by atoms with Crippen molar-refractivity contribution < 1.29 is 28.3 Å². The molecule has 0 bridgehead atoms. The highest BCUT2D eigenvalue weighted by Gasteiger charge is 2.22. The maximum absolute atomic E-state index is 14.7. The summed E-state index contributed by atoms with van der Waals surface area (Å²) in [5.74, 6) is -1.88. The Bertz CT molecular complexity index is 1260. The predicted molar refractivity (Wildman–Crippen MR) is 148 cm³/mol. The first kappa shape index (κ1) is 30.2. The summed E-state index contributed by atoms with van der Waals surface area (Å²) in [6.07, 6.45) is 3.86. The lowest BCUT2D eigenvalue weighted by Crippen LogP contribution is -2.43. The van der Waals surface area contributed by atoms with Gasteiger partial charge in [-0.25, -0.2) is 14.4 Å². The van der Waals surface area contributed by atoms with Crippen molar-refractivity contribution in [2.24, 2.45) is 5.92 Å². The van der Waals surface area contributed by atoms with E-state index in [-0.39, 0.29) is 48.4 Å². The molecule has 40 heavy (non-hydrogen) atoms. The molecule has 0 aliphatic heterocycles. The van der Waals surface area contributed by atoms with Gasteiger partial charge >= 0.3 is 0 Å². The molecule has 0 aliphatic carbocycles. The smallest absolute Gasteiger partial charge is 0.271 e. The molecule has 0 unspecified atom stereocenters. The largest absolute Gasteiger partial charge is 0.494 e. The van der Waals surface area contributed by atoms with Gasteiger partial charge in [-0.15, -0.1) is 0 Å². The molecule has 1 heterocycles. The molecule has 1 atom stereocenters. The second-order valence-electron chi connectivity index (χ2n) is 9.11. The molecule has 3 rings (SSSR count). The number of nitrogens with zero attached hydrogens (tertiary/aromatic N) is 2. The number of benzene rings is 2. The molecule has 212 valence electrons. The van der Waals surface area contributed by atoms with Gasteiger partial charge < -0.3 is 15.4 Å². The zero-order chi connectivity index (χ0) is 28.7. The third-order valence-corrected chi connectivity index (χ3v) is 6.24. The topological polar surface area (TPSA) is 110 Å². The van der Waals surface area contributed by atoms with E-state index in [1.165, 1.54) is 19.2 Å². The highest BCUT2D eigenvalue weighted by atomic mass is 19.1. The Morgan fingerprint density at radius 2 is 1.80 bits per heavy atom. The van der Waals surface area contributed by atoms with Gasteiger partial charge in [0.05, 0.1) is 31.9 Å². The number of methoxy groups -OCH3 is 1. The molecular weight excluding hydrogens is 515 g/mol. The van der Waals surface area contributed by atoms with Crippen LogP contribution < -0.4 is 15.4 Å². The van der Waals surface area contributed by atoms with Crippen LogP contribution in [0.3, 0.4) is 0 Å². The standard InChI is InChI=1S/C30H35FN4O5/c1-3-4-6-13-23(18-35(21-36)40-19-22-11-7-5-8-12-22)29(37)32-20-33-30(38)26-16-10-15-25(34-26)24-14-9-17-27(39-2)28(24)31/h5,7-12,14-17,21,23H,3-4,6,13,18-20H2,1-2H3,(H,32,37)(H,33,38)/t23-/m1/s1. The number of rotatable bonds is 16. The fourth-order valence-electron chi connectivity index (χ4n) is 4.05. The van der Waals surface area contributed by atoms with Crippen LogP contribution in [0.25, 0.3) is 11.3 Å². The molecule has 3 amide bonds. The summed E-state index contributed by atoms with van der Waals surface area (Å²) >= 11 is 0. The summed E-state index contributed by atoms with van der Waals surface area (Å²) < 4.78 is 19.7. The predicted octanol–water partition coefficient (Wildman–Crippen LogP) is 4.49. The van der Waals surface area contributed by atoms with Gasteiger partial charge in [-0.3, -0.25) is 19.2 Å². The number of hydrogen-bond donors (Lipinski definition) is 2. The van der Waals surface area contributed by atoms with Crippen molar-refractivity contribution in [3.8, 4) is 17.0 Å². The van der Waals surface area contributed by atoms with Crippen LogP contribution in [0.15, 0.2) is 66.7 Å². The monoisotopic (exact) mass is 550 g/mol. The summed E-state index contributed by atoms with van der Waals surface area (Å²) in [6, 6.07) is 18.8. The number of carbonyl (C=O) groups excluding carboxylic acids is 3. The van der Waals surface area contributed by atoms with Gasteiger partial charge in [-0.05, 0) is 36.2 Å². The van der Waals surface area contributed by atoms with Crippen LogP contribution >= 0.6 is 0 Å². The number of pyridine rings is 1. The number of aromatic nitrogens is 1. The lowest BCUT2D eigenvalue weighted by molar-refractivity contribution is -0.182. The molecule has 0 spiro atoms. The molecule has 2 aromatic carbocycles. The first-order chi connectivity index (χ1) is 19.5. The van der Waals surface area contributed by atoms with Crippen molar-refractivity contribution in [2.75, 3.05) is 20.3 Å². The van der Waals surface area contributed by atoms with Crippen LogP contribution in [0.5, 0.6) is 5.75 Å². The zero-order valence-electron chi connectivity index (χ0n) is 22.8. The molecule has 9 nitrogen and oxygen atoms in total. The number of nitrogens with one attached hydrogen (secondary N) is 2. The van der Waals surface area contributed by atoms with E-state index in [9.17, 15) is 18.8 Å². The maximum Gasteiger partial charge on any atom is 0.271 e. The Balaban J connectivity index is 1.58. The van der Waals surface area contributed by atoms with E-state index in [4.69, 9.17) is 9.57 Å². The molecule has 3 aromatic rings. The Labute approximate surface area is 233 Å². The SMILES string of the molecule is CCCCC[C@H](CN(C=O)OCc1ccccc1)C(=O)NCNC(=O)c1cccc(-c2cccc(OC)c2F)n1.